The lowest BCUT2D eigenvalue weighted by atomic mass is 10.5. The zero-order chi connectivity index (χ0) is 13.4. The minimum Gasteiger partial charge on any atom is -0.383 e. The van der Waals surface area contributed by atoms with E-state index < -0.39 is 0 Å². The third-order valence-electron chi connectivity index (χ3n) is 2.30. The molecule has 0 unspecified atom stereocenters. The Morgan fingerprint density at radius 2 is 2.33 bits per heavy atom. The van der Waals surface area contributed by atoms with Crippen LogP contribution in [-0.4, -0.2) is 42.3 Å². The molecular formula is C11H18N4O3. The highest BCUT2D eigenvalue weighted by Crippen LogP contribution is 1.91. The molecule has 0 aromatic carbocycles. The highest BCUT2D eigenvalue weighted by Gasteiger charge is 2.05. The molecule has 7 heteroatoms. The summed E-state index contributed by atoms with van der Waals surface area (Å²) in [5.74, 6) is -0.0265. The van der Waals surface area contributed by atoms with Crippen molar-refractivity contribution in [2.45, 2.75) is 13.5 Å². The van der Waals surface area contributed by atoms with E-state index in [0.717, 1.165) is 0 Å². The molecule has 1 aromatic rings. The lowest BCUT2D eigenvalue weighted by Gasteiger charge is -2.07. The number of ether oxygens (including phenoxy) is 1. The van der Waals surface area contributed by atoms with Crippen LogP contribution in [0.25, 0.3) is 0 Å². The minimum absolute atomic E-state index is 0.0136. The Morgan fingerprint density at radius 3 is 3.00 bits per heavy atom. The summed E-state index contributed by atoms with van der Waals surface area (Å²) in [7, 11) is 1.56. The second-order valence-corrected chi connectivity index (χ2v) is 3.56. The van der Waals surface area contributed by atoms with Crippen molar-refractivity contribution in [2.24, 2.45) is 0 Å². The summed E-state index contributed by atoms with van der Waals surface area (Å²) in [6.45, 7) is 3.34. The predicted octanol–water partition coefficient (Wildman–Crippen LogP) is -0.562. The standard InChI is InChI=1S/C11H18N4O3/c1-3-15-6-4-13-10(11(15)17)14-8-9(16)12-5-7-18-2/h4,6H,3,5,7-8H2,1-2H3,(H,12,16)(H,13,14). The fourth-order valence-corrected chi connectivity index (χ4v) is 1.34. The van der Waals surface area contributed by atoms with E-state index in [1.807, 2.05) is 6.92 Å². The van der Waals surface area contributed by atoms with Gasteiger partial charge in [0.15, 0.2) is 5.82 Å². The summed E-state index contributed by atoms with van der Waals surface area (Å²) in [6.07, 6.45) is 3.13. The number of hydrogen-bond acceptors (Lipinski definition) is 5. The van der Waals surface area contributed by atoms with Gasteiger partial charge >= 0.3 is 0 Å². The van der Waals surface area contributed by atoms with Gasteiger partial charge in [0.2, 0.25) is 5.91 Å². The molecule has 2 N–H and O–H groups in total. The van der Waals surface area contributed by atoms with Gasteiger partial charge in [0.05, 0.1) is 13.2 Å². The van der Waals surface area contributed by atoms with Crippen molar-refractivity contribution in [1.82, 2.24) is 14.9 Å². The molecule has 1 amide bonds. The smallest absolute Gasteiger partial charge is 0.293 e. The van der Waals surface area contributed by atoms with E-state index in [2.05, 4.69) is 15.6 Å². The SMILES string of the molecule is CCn1ccnc(NCC(=O)NCCOC)c1=O. The third-order valence-corrected chi connectivity index (χ3v) is 2.30. The molecule has 0 atom stereocenters. The van der Waals surface area contributed by atoms with Crippen LogP contribution in [0.4, 0.5) is 5.82 Å². The van der Waals surface area contributed by atoms with E-state index >= 15 is 0 Å². The Morgan fingerprint density at radius 1 is 1.56 bits per heavy atom. The molecular weight excluding hydrogens is 236 g/mol. The van der Waals surface area contributed by atoms with Crippen molar-refractivity contribution in [1.29, 1.82) is 0 Å². The highest BCUT2D eigenvalue weighted by molar-refractivity contribution is 5.80. The number of methoxy groups -OCH3 is 1. The first-order valence-corrected chi connectivity index (χ1v) is 5.74. The summed E-state index contributed by atoms with van der Waals surface area (Å²) in [5.41, 5.74) is -0.232. The Balaban J connectivity index is 2.48. The number of nitrogens with one attached hydrogen (secondary N) is 2. The molecule has 0 aliphatic rings. The monoisotopic (exact) mass is 254 g/mol. The first kappa shape index (κ1) is 14.2. The molecule has 1 aromatic heterocycles. The summed E-state index contributed by atoms with van der Waals surface area (Å²) < 4.78 is 6.32. The molecule has 0 saturated heterocycles. The van der Waals surface area contributed by atoms with Gasteiger partial charge in [-0.05, 0) is 6.92 Å². The van der Waals surface area contributed by atoms with Gasteiger partial charge in [-0.3, -0.25) is 9.59 Å². The van der Waals surface area contributed by atoms with Gasteiger partial charge in [0, 0.05) is 32.6 Å². The number of carbonyl (C=O) groups is 1. The maximum Gasteiger partial charge on any atom is 0.293 e. The van der Waals surface area contributed by atoms with Crippen molar-refractivity contribution in [2.75, 3.05) is 32.1 Å². The summed E-state index contributed by atoms with van der Waals surface area (Å²) in [4.78, 5) is 27.1. The lowest BCUT2D eigenvalue weighted by molar-refractivity contribution is -0.119. The van der Waals surface area contributed by atoms with Crippen LogP contribution in [-0.2, 0) is 16.1 Å². The minimum atomic E-state index is -0.232. The van der Waals surface area contributed by atoms with Crippen LogP contribution >= 0.6 is 0 Å². The summed E-state index contributed by atoms with van der Waals surface area (Å²) in [6, 6.07) is 0. The molecule has 18 heavy (non-hydrogen) atoms. The van der Waals surface area contributed by atoms with Crippen LogP contribution in [0.15, 0.2) is 17.2 Å². The van der Waals surface area contributed by atoms with Gasteiger partial charge in [-0.25, -0.2) is 4.98 Å². The van der Waals surface area contributed by atoms with Crippen molar-refractivity contribution >= 4 is 11.7 Å². The Kier molecular flexibility index (Phi) is 5.86. The molecule has 0 bridgehead atoms. The van der Waals surface area contributed by atoms with Gasteiger partial charge < -0.3 is 19.9 Å². The number of hydrogen-bond donors (Lipinski definition) is 2. The number of nitrogens with zero attached hydrogens (tertiary/aromatic N) is 2. The van der Waals surface area contributed by atoms with Gasteiger partial charge in [-0.15, -0.1) is 0 Å². The fourth-order valence-electron chi connectivity index (χ4n) is 1.34. The number of aromatic nitrogens is 2. The van der Waals surface area contributed by atoms with Crippen LogP contribution in [0.3, 0.4) is 0 Å². The molecule has 7 nitrogen and oxygen atoms in total. The van der Waals surface area contributed by atoms with Crippen LogP contribution in [0.2, 0.25) is 0 Å². The Bertz CT molecular complexity index is 444. The van der Waals surface area contributed by atoms with E-state index in [1.54, 1.807) is 13.3 Å². The van der Waals surface area contributed by atoms with Gasteiger partial charge in [-0.1, -0.05) is 0 Å². The second kappa shape index (κ2) is 7.44. The highest BCUT2D eigenvalue weighted by atomic mass is 16.5. The molecule has 0 fully saturated rings. The fraction of sp³-hybridized carbons (Fsp3) is 0.545. The molecule has 0 radical (unpaired) electrons. The third kappa shape index (κ3) is 4.17. The van der Waals surface area contributed by atoms with Crippen molar-refractivity contribution in [3.63, 3.8) is 0 Å². The number of rotatable bonds is 7. The average Bonchev–Trinajstić information content (AvgIpc) is 2.38. The number of amides is 1. The normalized spacial score (nSPS) is 10.1. The molecule has 100 valence electrons. The lowest BCUT2D eigenvalue weighted by Crippen LogP contribution is -2.34. The predicted molar refractivity (Wildman–Crippen MR) is 67.5 cm³/mol. The molecule has 0 aliphatic heterocycles. The van der Waals surface area contributed by atoms with Crippen molar-refractivity contribution in [3.8, 4) is 0 Å². The number of anilines is 1. The van der Waals surface area contributed by atoms with Crippen LogP contribution in [0.1, 0.15) is 6.92 Å². The van der Waals surface area contributed by atoms with Crippen LogP contribution in [0, 0.1) is 0 Å². The first-order chi connectivity index (χ1) is 8.69. The quantitative estimate of drug-likeness (QED) is 0.637. The van der Waals surface area contributed by atoms with Gasteiger partial charge in [-0.2, -0.15) is 0 Å². The molecule has 1 rings (SSSR count). The zero-order valence-corrected chi connectivity index (χ0v) is 10.6. The van der Waals surface area contributed by atoms with Crippen molar-refractivity contribution in [3.05, 3.63) is 22.7 Å². The molecule has 0 saturated carbocycles. The maximum absolute atomic E-state index is 11.8. The van der Waals surface area contributed by atoms with E-state index in [9.17, 15) is 9.59 Å². The first-order valence-electron chi connectivity index (χ1n) is 5.74. The molecule has 1 heterocycles. The Labute approximate surface area is 105 Å². The second-order valence-electron chi connectivity index (χ2n) is 3.56. The maximum atomic E-state index is 11.8. The zero-order valence-electron chi connectivity index (χ0n) is 10.6. The van der Waals surface area contributed by atoms with E-state index in [4.69, 9.17) is 4.74 Å². The van der Waals surface area contributed by atoms with E-state index in [-0.39, 0.29) is 23.8 Å². The molecule has 0 spiro atoms. The molecule has 0 aliphatic carbocycles. The van der Waals surface area contributed by atoms with Crippen molar-refractivity contribution < 1.29 is 9.53 Å². The Hall–Kier alpha value is -1.89. The average molecular weight is 254 g/mol. The summed E-state index contributed by atoms with van der Waals surface area (Å²) in [5, 5.41) is 5.36. The van der Waals surface area contributed by atoms with Gasteiger partial charge in [0.1, 0.15) is 0 Å². The van der Waals surface area contributed by atoms with Crippen LogP contribution < -0.4 is 16.2 Å². The topological polar surface area (TPSA) is 85.2 Å². The van der Waals surface area contributed by atoms with E-state index in [1.165, 1.54) is 10.8 Å². The largest absolute Gasteiger partial charge is 0.383 e. The van der Waals surface area contributed by atoms with Gasteiger partial charge in [0.25, 0.3) is 5.56 Å². The summed E-state index contributed by atoms with van der Waals surface area (Å²) >= 11 is 0. The van der Waals surface area contributed by atoms with E-state index in [0.29, 0.717) is 19.7 Å². The van der Waals surface area contributed by atoms with Crippen LogP contribution in [0.5, 0.6) is 0 Å². The number of carbonyl (C=O) groups excluding carboxylic acids is 1. The number of aryl methyl sites for hydroxylation is 1.